The Hall–Kier alpha value is -2.64. The van der Waals surface area contributed by atoms with Crippen LogP contribution in [0.4, 0.5) is 0 Å². The lowest BCUT2D eigenvalue weighted by Gasteiger charge is -2.12. The van der Waals surface area contributed by atoms with Crippen LogP contribution in [0.2, 0.25) is 0 Å². The molecule has 0 amide bonds. The molecule has 20 heavy (non-hydrogen) atoms. The van der Waals surface area contributed by atoms with Gasteiger partial charge in [0.05, 0.1) is 13.7 Å². The molecule has 8 heteroatoms. The van der Waals surface area contributed by atoms with Crippen molar-refractivity contribution in [3.05, 3.63) is 29.6 Å². The first-order valence-corrected chi connectivity index (χ1v) is 6.07. The van der Waals surface area contributed by atoms with Crippen LogP contribution in [0.3, 0.4) is 0 Å². The molecule has 106 valence electrons. The number of rotatable bonds is 6. The number of hydrogen-bond donors (Lipinski definition) is 2. The molecule has 1 aromatic carbocycles. The zero-order valence-electron chi connectivity index (χ0n) is 11.3. The van der Waals surface area contributed by atoms with Gasteiger partial charge in [-0.1, -0.05) is 0 Å². The number of tetrazole rings is 1. The molecular formula is C12H16N6O2. The maximum atomic E-state index is 7.42. The van der Waals surface area contributed by atoms with Crippen LogP contribution in [-0.2, 0) is 13.7 Å². The van der Waals surface area contributed by atoms with Crippen LogP contribution in [-0.4, -0.2) is 32.6 Å². The lowest BCUT2D eigenvalue weighted by molar-refractivity contribution is 0.263. The SMILES string of the molecule is CCOc1cc(C(=N)N)ccc1OCc1nnn(C)n1. The number of nitrogens with zero attached hydrogens (tertiary/aromatic N) is 4. The van der Waals surface area contributed by atoms with Gasteiger partial charge in [0.2, 0.25) is 5.82 Å². The Bertz CT molecular complexity index is 610. The van der Waals surface area contributed by atoms with E-state index in [1.165, 1.54) is 4.80 Å². The Morgan fingerprint density at radius 2 is 2.15 bits per heavy atom. The molecule has 0 aliphatic heterocycles. The first-order valence-electron chi connectivity index (χ1n) is 6.07. The first-order chi connectivity index (χ1) is 9.60. The summed E-state index contributed by atoms with van der Waals surface area (Å²) in [6, 6.07) is 5.08. The molecule has 0 fully saturated rings. The van der Waals surface area contributed by atoms with Crippen LogP contribution in [0.15, 0.2) is 18.2 Å². The van der Waals surface area contributed by atoms with Gasteiger partial charge in [-0.2, -0.15) is 4.80 Å². The number of nitrogens with two attached hydrogens (primary N) is 1. The average molecular weight is 276 g/mol. The monoisotopic (exact) mass is 276 g/mol. The average Bonchev–Trinajstić information content (AvgIpc) is 2.83. The molecule has 0 spiro atoms. The zero-order chi connectivity index (χ0) is 14.5. The van der Waals surface area contributed by atoms with Crippen LogP contribution < -0.4 is 15.2 Å². The predicted octanol–water partition coefficient (Wildman–Crippen LogP) is 0.472. The van der Waals surface area contributed by atoms with E-state index in [-0.39, 0.29) is 12.4 Å². The summed E-state index contributed by atoms with van der Waals surface area (Å²) in [6.07, 6.45) is 0. The fourth-order valence-corrected chi connectivity index (χ4v) is 1.59. The summed E-state index contributed by atoms with van der Waals surface area (Å²) in [5.41, 5.74) is 6.03. The highest BCUT2D eigenvalue weighted by Gasteiger charge is 2.09. The normalized spacial score (nSPS) is 10.3. The van der Waals surface area contributed by atoms with Crippen molar-refractivity contribution in [1.29, 1.82) is 5.41 Å². The van der Waals surface area contributed by atoms with Crippen LogP contribution in [0.5, 0.6) is 11.5 Å². The standard InChI is InChI=1S/C12H16N6O2/c1-3-19-10-6-8(12(13)14)4-5-9(10)20-7-11-15-17-18(2)16-11/h4-6H,3,7H2,1-2H3,(H3,13,14). The van der Waals surface area contributed by atoms with Crippen LogP contribution >= 0.6 is 0 Å². The molecule has 0 aliphatic rings. The minimum atomic E-state index is -0.0203. The minimum absolute atomic E-state index is 0.0203. The Morgan fingerprint density at radius 3 is 2.75 bits per heavy atom. The number of aromatic nitrogens is 4. The number of hydrogen-bond acceptors (Lipinski definition) is 6. The highest BCUT2D eigenvalue weighted by atomic mass is 16.5. The molecule has 1 heterocycles. The quantitative estimate of drug-likeness (QED) is 0.586. The second kappa shape index (κ2) is 6.00. The summed E-state index contributed by atoms with van der Waals surface area (Å²) in [5.74, 6) is 1.53. The number of amidine groups is 1. The third-order valence-corrected chi connectivity index (χ3v) is 2.46. The van der Waals surface area contributed by atoms with Crippen LogP contribution in [0, 0.1) is 5.41 Å². The van der Waals surface area contributed by atoms with Gasteiger partial charge >= 0.3 is 0 Å². The van der Waals surface area contributed by atoms with Gasteiger partial charge in [0.15, 0.2) is 18.1 Å². The molecule has 0 unspecified atom stereocenters. The van der Waals surface area contributed by atoms with E-state index in [9.17, 15) is 0 Å². The molecule has 0 radical (unpaired) electrons. The molecule has 3 N–H and O–H groups in total. The van der Waals surface area contributed by atoms with Crippen molar-refractivity contribution in [3.8, 4) is 11.5 Å². The van der Waals surface area contributed by atoms with E-state index in [4.69, 9.17) is 20.6 Å². The Morgan fingerprint density at radius 1 is 1.35 bits per heavy atom. The van der Waals surface area contributed by atoms with Gasteiger partial charge in [-0.15, -0.1) is 10.2 Å². The molecule has 1 aromatic heterocycles. The van der Waals surface area contributed by atoms with E-state index in [1.807, 2.05) is 6.92 Å². The smallest absolute Gasteiger partial charge is 0.212 e. The maximum Gasteiger partial charge on any atom is 0.212 e. The van der Waals surface area contributed by atoms with Gasteiger partial charge in [-0.05, 0) is 30.3 Å². The Labute approximate surface area is 116 Å². The van der Waals surface area contributed by atoms with Gasteiger partial charge < -0.3 is 15.2 Å². The number of aryl methyl sites for hydroxylation is 1. The molecule has 2 aromatic rings. The van der Waals surface area contributed by atoms with Gasteiger partial charge in [0, 0.05) is 5.56 Å². The van der Waals surface area contributed by atoms with Crippen molar-refractivity contribution in [3.63, 3.8) is 0 Å². The Balaban J connectivity index is 2.15. The van der Waals surface area contributed by atoms with Gasteiger partial charge in [0.25, 0.3) is 0 Å². The van der Waals surface area contributed by atoms with Crippen molar-refractivity contribution in [2.75, 3.05) is 6.61 Å². The molecule has 0 saturated heterocycles. The topological polar surface area (TPSA) is 112 Å². The highest BCUT2D eigenvalue weighted by molar-refractivity contribution is 5.95. The lowest BCUT2D eigenvalue weighted by Crippen LogP contribution is -2.11. The van der Waals surface area contributed by atoms with Crippen molar-refractivity contribution >= 4 is 5.84 Å². The number of ether oxygens (including phenoxy) is 2. The summed E-state index contributed by atoms with van der Waals surface area (Å²) in [4.78, 5) is 1.36. The molecule has 0 bridgehead atoms. The third-order valence-electron chi connectivity index (χ3n) is 2.46. The summed E-state index contributed by atoms with van der Waals surface area (Å²) < 4.78 is 11.1. The molecule has 0 atom stereocenters. The number of benzene rings is 1. The summed E-state index contributed by atoms with van der Waals surface area (Å²) in [6.45, 7) is 2.54. The van der Waals surface area contributed by atoms with E-state index >= 15 is 0 Å². The van der Waals surface area contributed by atoms with Crippen molar-refractivity contribution in [2.45, 2.75) is 13.5 Å². The second-order valence-electron chi connectivity index (χ2n) is 3.99. The first kappa shape index (κ1) is 13.8. The third kappa shape index (κ3) is 3.22. The fourth-order valence-electron chi connectivity index (χ4n) is 1.59. The van der Waals surface area contributed by atoms with Crippen molar-refractivity contribution in [1.82, 2.24) is 20.2 Å². The van der Waals surface area contributed by atoms with E-state index in [0.29, 0.717) is 29.5 Å². The lowest BCUT2D eigenvalue weighted by atomic mass is 10.2. The number of nitrogens with one attached hydrogen (secondary N) is 1. The van der Waals surface area contributed by atoms with Gasteiger partial charge in [0.1, 0.15) is 5.84 Å². The second-order valence-corrected chi connectivity index (χ2v) is 3.99. The molecule has 0 saturated carbocycles. The van der Waals surface area contributed by atoms with Gasteiger partial charge in [-0.3, -0.25) is 5.41 Å². The van der Waals surface area contributed by atoms with Gasteiger partial charge in [-0.25, -0.2) is 0 Å². The zero-order valence-corrected chi connectivity index (χ0v) is 11.3. The molecule has 0 aliphatic carbocycles. The van der Waals surface area contributed by atoms with Crippen molar-refractivity contribution < 1.29 is 9.47 Å². The molecular weight excluding hydrogens is 260 g/mol. The van der Waals surface area contributed by atoms with Crippen molar-refractivity contribution in [2.24, 2.45) is 12.8 Å². The van der Waals surface area contributed by atoms with E-state index in [1.54, 1.807) is 25.2 Å². The molecule has 8 nitrogen and oxygen atoms in total. The summed E-state index contributed by atoms with van der Waals surface area (Å²) in [5, 5.41) is 19.0. The van der Waals surface area contributed by atoms with Crippen LogP contribution in [0.1, 0.15) is 18.3 Å². The minimum Gasteiger partial charge on any atom is -0.490 e. The highest BCUT2D eigenvalue weighted by Crippen LogP contribution is 2.28. The largest absolute Gasteiger partial charge is 0.490 e. The Kier molecular flexibility index (Phi) is 4.14. The summed E-state index contributed by atoms with van der Waals surface area (Å²) in [7, 11) is 1.68. The van der Waals surface area contributed by atoms with Crippen LogP contribution in [0.25, 0.3) is 0 Å². The fraction of sp³-hybridized carbons (Fsp3) is 0.333. The summed E-state index contributed by atoms with van der Waals surface area (Å²) >= 11 is 0. The van der Waals surface area contributed by atoms with E-state index in [0.717, 1.165) is 0 Å². The van der Waals surface area contributed by atoms with E-state index < -0.39 is 0 Å². The molecule has 2 rings (SSSR count). The van der Waals surface area contributed by atoms with E-state index in [2.05, 4.69) is 15.4 Å². The predicted molar refractivity (Wildman–Crippen MR) is 71.8 cm³/mol. The number of nitrogen functional groups attached to an aromatic ring is 1. The maximum absolute atomic E-state index is 7.42.